The Kier molecular flexibility index (Phi) is 5.34. The third-order valence-electron chi connectivity index (χ3n) is 2.56. The second kappa shape index (κ2) is 6.83. The summed E-state index contributed by atoms with van der Waals surface area (Å²) in [5.41, 5.74) is 1.33. The van der Waals surface area contributed by atoms with Gasteiger partial charge in [-0.15, -0.1) is 0 Å². The monoisotopic (exact) mass is 218 g/mol. The molecule has 0 heterocycles. The summed E-state index contributed by atoms with van der Waals surface area (Å²) in [4.78, 5) is 10.8. The van der Waals surface area contributed by atoms with Gasteiger partial charge in [-0.1, -0.05) is 43.8 Å². The summed E-state index contributed by atoms with van der Waals surface area (Å²) in [6, 6.07) is 10.4. The van der Waals surface area contributed by atoms with E-state index in [4.69, 9.17) is 4.74 Å². The minimum absolute atomic E-state index is 0.340. The molecule has 0 fully saturated rings. The van der Waals surface area contributed by atoms with Crippen LogP contribution in [0, 0.1) is 0 Å². The maximum atomic E-state index is 10.8. The number of carbonyl (C=O) groups excluding carboxylic acids is 1. The van der Waals surface area contributed by atoms with E-state index in [-0.39, 0.29) is 5.97 Å². The van der Waals surface area contributed by atoms with E-state index in [0.717, 1.165) is 12.8 Å². The number of rotatable bonds is 6. The van der Waals surface area contributed by atoms with Crippen molar-refractivity contribution in [2.45, 2.75) is 25.7 Å². The molecule has 2 nitrogen and oxygen atoms in total. The van der Waals surface area contributed by atoms with E-state index in [1.165, 1.54) is 11.6 Å². The van der Waals surface area contributed by atoms with Crippen LogP contribution in [0.25, 0.3) is 0 Å². The molecule has 0 spiro atoms. The van der Waals surface area contributed by atoms with Crippen LogP contribution in [0.3, 0.4) is 0 Å². The topological polar surface area (TPSA) is 26.3 Å². The molecule has 1 rings (SSSR count). The number of hydrogen-bond donors (Lipinski definition) is 0. The van der Waals surface area contributed by atoms with E-state index in [1.54, 1.807) is 0 Å². The molecule has 0 saturated heterocycles. The standard InChI is InChI=1S/C14H18O2/c1-3-14(15)16-11-7-8-12(2)13-9-5-4-6-10-13/h3-6,9-10,12H,1,7-8,11H2,2H3. The third kappa shape index (κ3) is 4.30. The second-order valence-electron chi connectivity index (χ2n) is 3.83. The van der Waals surface area contributed by atoms with Crippen LogP contribution in [0.1, 0.15) is 31.2 Å². The van der Waals surface area contributed by atoms with Gasteiger partial charge in [0.05, 0.1) is 6.61 Å². The van der Waals surface area contributed by atoms with Crippen LogP contribution >= 0.6 is 0 Å². The highest BCUT2D eigenvalue weighted by Crippen LogP contribution is 2.19. The first-order valence-corrected chi connectivity index (χ1v) is 5.58. The fourth-order valence-corrected chi connectivity index (χ4v) is 1.57. The molecule has 0 amide bonds. The van der Waals surface area contributed by atoms with Gasteiger partial charge in [-0.25, -0.2) is 4.79 Å². The molecule has 0 radical (unpaired) electrons. The normalized spacial score (nSPS) is 11.8. The summed E-state index contributed by atoms with van der Waals surface area (Å²) in [5.74, 6) is 0.163. The smallest absolute Gasteiger partial charge is 0.330 e. The molecule has 1 aromatic rings. The van der Waals surface area contributed by atoms with Gasteiger partial charge in [0, 0.05) is 6.08 Å². The van der Waals surface area contributed by atoms with Crippen molar-refractivity contribution in [3.05, 3.63) is 48.6 Å². The van der Waals surface area contributed by atoms with Crippen molar-refractivity contribution >= 4 is 5.97 Å². The Hall–Kier alpha value is -1.57. The molecule has 0 aliphatic heterocycles. The molecule has 0 bridgehead atoms. The molecule has 0 saturated carbocycles. The van der Waals surface area contributed by atoms with Crippen LogP contribution in [0.2, 0.25) is 0 Å². The first-order chi connectivity index (χ1) is 7.74. The number of benzene rings is 1. The highest BCUT2D eigenvalue weighted by Gasteiger charge is 2.04. The Morgan fingerprint density at radius 1 is 1.44 bits per heavy atom. The first-order valence-electron chi connectivity index (χ1n) is 5.58. The van der Waals surface area contributed by atoms with E-state index in [0.29, 0.717) is 12.5 Å². The molecule has 2 heteroatoms. The van der Waals surface area contributed by atoms with Crippen LogP contribution in [0.4, 0.5) is 0 Å². The number of carbonyl (C=O) groups is 1. The lowest BCUT2D eigenvalue weighted by molar-refractivity contribution is -0.137. The molecule has 1 aromatic carbocycles. The molecule has 16 heavy (non-hydrogen) atoms. The van der Waals surface area contributed by atoms with Crippen LogP contribution in [-0.4, -0.2) is 12.6 Å². The van der Waals surface area contributed by atoms with Crippen molar-refractivity contribution in [1.29, 1.82) is 0 Å². The first kappa shape index (κ1) is 12.5. The Morgan fingerprint density at radius 2 is 2.12 bits per heavy atom. The van der Waals surface area contributed by atoms with E-state index < -0.39 is 0 Å². The SMILES string of the molecule is C=CC(=O)OCCCC(C)c1ccccc1. The van der Waals surface area contributed by atoms with E-state index in [1.807, 2.05) is 18.2 Å². The number of ether oxygens (including phenoxy) is 1. The molecule has 0 N–H and O–H groups in total. The van der Waals surface area contributed by atoms with E-state index in [9.17, 15) is 4.79 Å². The summed E-state index contributed by atoms with van der Waals surface area (Å²) in [5, 5.41) is 0. The van der Waals surface area contributed by atoms with Crippen LogP contribution in [0.5, 0.6) is 0 Å². The Balaban J connectivity index is 2.23. The molecule has 0 aliphatic carbocycles. The van der Waals surface area contributed by atoms with Gasteiger partial charge in [0.25, 0.3) is 0 Å². The zero-order valence-corrected chi connectivity index (χ0v) is 9.69. The van der Waals surface area contributed by atoms with Crippen molar-refractivity contribution in [2.24, 2.45) is 0 Å². The molecular weight excluding hydrogens is 200 g/mol. The van der Waals surface area contributed by atoms with Gasteiger partial charge in [-0.05, 0) is 24.3 Å². The highest BCUT2D eigenvalue weighted by molar-refractivity contribution is 5.81. The minimum Gasteiger partial charge on any atom is -0.463 e. The lowest BCUT2D eigenvalue weighted by Crippen LogP contribution is -2.03. The Bertz CT molecular complexity index is 330. The maximum Gasteiger partial charge on any atom is 0.330 e. The Morgan fingerprint density at radius 3 is 2.75 bits per heavy atom. The summed E-state index contributed by atoms with van der Waals surface area (Å²) in [6.07, 6.45) is 3.10. The van der Waals surface area contributed by atoms with Crippen LogP contribution in [-0.2, 0) is 9.53 Å². The largest absolute Gasteiger partial charge is 0.463 e. The number of esters is 1. The summed E-state index contributed by atoms with van der Waals surface area (Å²) in [7, 11) is 0. The van der Waals surface area contributed by atoms with Crippen molar-refractivity contribution in [3.63, 3.8) is 0 Å². The third-order valence-corrected chi connectivity index (χ3v) is 2.56. The molecular formula is C14H18O2. The van der Waals surface area contributed by atoms with Gasteiger partial charge >= 0.3 is 5.97 Å². The molecule has 1 atom stereocenters. The summed E-state index contributed by atoms with van der Waals surface area (Å²) >= 11 is 0. The number of hydrogen-bond acceptors (Lipinski definition) is 2. The predicted octanol–water partition coefficient (Wildman–Crippen LogP) is 3.30. The van der Waals surface area contributed by atoms with Gasteiger partial charge in [0.2, 0.25) is 0 Å². The molecule has 1 unspecified atom stereocenters. The molecule has 0 aliphatic rings. The van der Waals surface area contributed by atoms with Crippen molar-refractivity contribution in [1.82, 2.24) is 0 Å². The van der Waals surface area contributed by atoms with Crippen molar-refractivity contribution in [3.8, 4) is 0 Å². The van der Waals surface area contributed by atoms with Gasteiger partial charge in [0.1, 0.15) is 0 Å². The van der Waals surface area contributed by atoms with Gasteiger partial charge in [-0.3, -0.25) is 0 Å². The Labute approximate surface area is 96.9 Å². The van der Waals surface area contributed by atoms with Crippen molar-refractivity contribution < 1.29 is 9.53 Å². The lowest BCUT2D eigenvalue weighted by atomic mass is 9.97. The quantitative estimate of drug-likeness (QED) is 0.416. The maximum absolute atomic E-state index is 10.8. The fourth-order valence-electron chi connectivity index (χ4n) is 1.57. The summed E-state index contributed by atoms with van der Waals surface area (Å²) < 4.78 is 4.92. The average Bonchev–Trinajstić information content (AvgIpc) is 2.35. The fraction of sp³-hybridized carbons (Fsp3) is 0.357. The zero-order chi connectivity index (χ0) is 11.8. The zero-order valence-electron chi connectivity index (χ0n) is 9.69. The molecule has 0 aromatic heterocycles. The van der Waals surface area contributed by atoms with Gasteiger partial charge < -0.3 is 4.74 Å². The van der Waals surface area contributed by atoms with E-state index in [2.05, 4.69) is 25.6 Å². The average molecular weight is 218 g/mol. The van der Waals surface area contributed by atoms with Crippen LogP contribution < -0.4 is 0 Å². The van der Waals surface area contributed by atoms with Gasteiger partial charge in [-0.2, -0.15) is 0 Å². The lowest BCUT2D eigenvalue weighted by Gasteiger charge is -2.11. The second-order valence-corrected chi connectivity index (χ2v) is 3.83. The minimum atomic E-state index is -0.340. The van der Waals surface area contributed by atoms with Crippen molar-refractivity contribution in [2.75, 3.05) is 6.61 Å². The predicted molar refractivity (Wildman–Crippen MR) is 65.2 cm³/mol. The molecule has 86 valence electrons. The van der Waals surface area contributed by atoms with Crippen LogP contribution in [0.15, 0.2) is 43.0 Å². The summed E-state index contributed by atoms with van der Waals surface area (Å²) in [6.45, 7) is 6.01. The van der Waals surface area contributed by atoms with E-state index >= 15 is 0 Å². The highest BCUT2D eigenvalue weighted by atomic mass is 16.5. The van der Waals surface area contributed by atoms with Gasteiger partial charge in [0.15, 0.2) is 0 Å².